The zero-order valence-corrected chi connectivity index (χ0v) is 11.1. The van der Waals surface area contributed by atoms with Gasteiger partial charge in [-0.2, -0.15) is 0 Å². The highest BCUT2D eigenvalue weighted by atomic mass is 19.1. The van der Waals surface area contributed by atoms with Crippen molar-refractivity contribution < 1.29 is 18.9 Å². The van der Waals surface area contributed by atoms with Gasteiger partial charge in [-0.1, -0.05) is 36.4 Å². The fourth-order valence-electron chi connectivity index (χ4n) is 2.25. The van der Waals surface area contributed by atoms with Crippen LogP contribution in [0.2, 0.25) is 0 Å². The van der Waals surface area contributed by atoms with Crippen LogP contribution < -0.4 is 5.46 Å². The second-order valence-corrected chi connectivity index (χ2v) is 4.83. The molecule has 0 saturated heterocycles. The smallest absolute Gasteiger partial charge is 0.423 e. The van der Waals surface area contributed by atoms with Crippen LogP contribution in [-0.4, -0.2) is 17.9 Å². The monoisotopic (exact) mass is 282 g/mol. The van der Waals surface area contributed by atoms with Gasteiger partial charge in [0.2, 0.25) is 0 Å². The lowest BCUT2D eigenvalue weighted by atomic mass is 9.79. The van der Waals surface area contributed by atoms with Crippen LogP contribution in [0.5, 0.6) is 0 Å². The van der Waals surface area contributed by atoms with Gasteiger partial charge in [0.1, 0.15) is 5.82 Å². The number of carbonyl (C=O) groups is 1. The quantitative estimate of drug-likeness (QED) is 0.531. The summed E-state index contributed by atoms with van der Waals surface area (Å²) in [5.41, 5.74) is 2.74. The number of benzene rings is 2. The van der Waals surface area contributed by atoms with Crippen LogP contribution in [0.25, 0.3) is 6.08 Å². The highest BCUT2D eigenvalue weighted by Gasteiger charge is 2.26. The molecule has 0 amide bonds. The van der Waals surface area contributed by atoms with Crippen molar-refractivity contribution in [2.45, 2.75) is 6.61 Å². The average molecular weight is 282 g/mol. The first-order chi connectivity index (χ1) is 10.1. The van der Waals surface area contributed by atoms with E-state index >= 15 is 0 Å². The van der Waals surface area contributed by atoms with E-state index in [0.717, 1.165) is 16.6 Å². The summed E-state index contributed by atoms with van der Waals surface area (Å²) in [4.78, 5) is 11.9. The first kappa shape index (κ1) is 13.7. The maximum Gasteiger partial charge on any atom is 0.491 e. The second-order valence-electron chi connectivity index (χ2n) is 4.83. The van der Waals surface area contributed by atoms with Gasteiger partial charge < -0.3 is 9.68 Å². The van der Waals surface area contributed by atoms with Gasteiger partial charge >= 0.3 is 7.12 Å². The Bertz CT molecular complexity index is 727. The molecule has 3 rings (SSSR count). The highest BCUT2D eigenvalue weighted by Crippen LogP contribution is 2.13. The molecular weight excluding hydrogens is 270 g/mol. The molecule has 0 saturated carbocycles. The molecule has 0 atom stereocenters. The fraction of sp³-hybridized carbons (Fsp3) is 0.0625. The number of hydrogen-bond donors (Lipinski definition) is 1. The van der Waals surface area contributed by atoms with E-state index < -0.39 is 12.9 Å². The topological polar surface area (TPSA) is 46.5 Å². The van der Waals surface area contributed by atoms with E-state index in [9.17, 15) is 14.2 Å². The molecule has 1 N–H and O–H groups in total. The van der Waals surface area contributed by atoms with Gasteiger partial charge in [0.25, 0.3) is 0 Å². The molecule has 0 fully saturated rings. The van der Waals surface area contributed by atoms with Gasteiger partial charge in [-0.05, 0) is 34.8 Å². The number of carbonyl (C=O) groups excluding carboxylic acids is 1. The van der Waals surface area contributed by atoms with Gasteiger partial charge in [0, 0.05) is 5.56 Å². The summed E-state index contributed by atoms with van der Waals surface area (Å²) in [5, 5.41) is 9.64. The third-order valence-corrected chi connectivity index (χ3v) is 3.37. The largest absolute Gasteiger partial charge is 0.491 e. The minimum atomic E-state index is -0.910. The van der Waals surface area contributed by atoms with Crippen molar-refractivity contribution in [3.05, 3.63) is 71.0 Å². The van der Waals surface area contributed by atoms with Crippen LogP contribution in [0.1, 0.15) is 21.5 Å². The molecule has 21 heavy (non-hydrogen) atoms. The van der Waals surface area contributed by atoms with E-state index in [1.54, 1.807) is 18.2 Å². The van der Waals surface area contributed by atoms with Gasteiger partial charge in [0.05, 0.1) is 6.61 Å². The highest BCUT2D eigenvalue weighted by molar-refractivity contribution is 6.61. The number of halogens is 1. The molecule has 2 aromatic carbocycles. The van der Waals surface area contributed by atoms with Crippen molar-refractivity contribution in [2.24, 2.45) is 0 Å². The van der Waals surface area contributed by atoms with E-state index in [0.29, 0.717) is 12.2 Å². The van der Waals surface area contributed by atoms with Crippen molar-refractivity contribution in [3.63, 3.8) is 0 Å². The Morgan fingerprint density at radius 3 is 2.95 bits per heavy atom. The molecule has 0 aliphatic carbocycles. The minimum absolute atomic E-state index is 0.271. The molecule has 104 valence electrons. The lowest BCUT2D eigenvalue weighted by Gasteiger charge is -2.00. The summed E-state index contributed by atoms with van der Waals surface area (Å²) in [7, 11) is -0.910. The normalized spacial score (nSPS) is 13.7. The summed E-state index contributed by atoms with van der Waals surface area (Å²) < 4.78 is 18.2. The molecular formula is C16H12BFO3. The Labute approximate surface area is 121 Å². The Balaban J connectivity index is 1.80. The predicted octanol–water partition coefficient (Wildman–Crippen LogP) is 1.94. The molecule has 0 bridgehead atoms. The molecule has 5 heteroatoms. The molecule has 0 spiro atoms. The van der Waals surface area contributed by atoms with Crippen LogP contribution in [0.4, 0.5) is 4.39 Å². The minimum Gasteiger partial charge on any atom is -0.423 e. The third-order valence-electron chi connectivity index (χ3n) is 3.37. The van der Waals surface area contributed by atoms with Gasteiger partial charge in [-0.15, -0.1) is 0 Å². The molecule has 0 radical (unpaired) electrons. The predicted molar refractivity (Wildman–Crippen MR) is 78.6 cm³/mol. The van der Waals surface area contributed by atoms with E-state index in [2.05, 4.69) is 0 Å². The van der Waals surface area contributed by atoms with Crippen molar-refractivity contribution >= 4 is 24.4 Å². The van der Waals surface area contributed by atoms with Crippen molar-refractivity contribution in [1.29, 1.82) is 0 Å². The first-order valence-corrected chi connectivity index (χ1v) is 6.54. The van der Waals surface area contributed by atoms with E-state index in [1.165, 1.54) is 24.3 Å². The Morgan fingerprint density at radius 2 is 2.14 bits per heavy atom. The fourth-order valence-corrected chi connectivity index (χ4v) is 2.25. The van der Waals surface area contributed by atoms with E-state index in [-0.39, 0.29) is 5.78 Å². The standard InChI is InChI=1S/C16H12BFO3/c18-14-3-1-2-12(9-14)16(19)7-5-11-4-6-13-10-21-17(20)15(13)8-11/h1-9,20H,10H2/b7-5+. The molecule has 1 aliphatic rings. The van der Waals surface area contributed by atoms with Crippen LogP contribution in [0.3, 0.4) is 0 Å². The van der Waals surface area contributed by atoms with Gasteiger partial charge in [-0.3, -0.25) is 4.79 Å². The summed E-state index contributed by atoms with van der Waals surface area (Å²) in [5.74, 6) is -0.709. The summed E-state index contributed by atoms with van der Waals surface area (Å²) in [6.45, 7) is 0.392. The van der Waals surface area contributed by atoms with Crippen LogP contribution >= 0.6 is 0 Å². The number of fused-ring (bicyclic) bond motifs is 1. The third kappa shape index (κ3) is 2.94. The van der Waals surface area contributed by atoms with E-state index in [1.807, 2.05) is 12.1 Å². The molecule has 3 nitrogen and oxygen atoms in total. The number of allylic oxidation sites excluding steroid dienone is 1. The van der Waals surface area contributed by atoms with Gasteiger partial charge in [0.15, 0.2) is 5.78 Å². The summed E-state index contributed by atoms with van der Waals surface area (Å²) in [6.07, 6.45) is 3.03. The van der Waals surface area contributed by atoms with E-state index in [4.69, 9.17) is 4.65 Å². The molecule has 0 aromatic heterocycles. The Hall–Kier alpha value is -2.24. The second kappa shape index (κ2) is 5.64. The SMILES string of the molecule is O=C(/C=C/c1ccc2c(c1)B(O)OC2)c1cccc(F)c1. The number of ketones is 1. The van der Waals surface area contributed by atoms with Gasteiger partial charge in [-0.25, -0.2) is 4.39 Å². The molecule has 2 aromatic rings. The Kier molecular flexibility index (Phi) is 3.69. The molecule has 1 heterocycles. The lowest BCUT2D eigenvalue weighted by molar-refractivity contribution is 0.104. The van der Waals surface area contributed by atoms with Crippen LogP contribution in [0, 0.1) is 5.82 Å². The van der Waals surface area contributed by atoms with Crippen LogP contribution in [0.15, 0.2) is 48.5 Å². The summed E-state index contributed by atoms with van der Waals surface area (Å²) in [6, 6.07) is 11.0. The average Bonchev–Trinajstić information content (AvgIpc) is 2.86. The zero-order valence-electron chi connectivity index (χ0n) is 11.1. The van der Waals surface area contributed by atoms with Crippen molar-refractivity contribution in [1.82, 2.24) is 0 Å². The Morgan fingerprint density at radius 1 is 1.29 bits per heavy atom. The number of rotatable bonds is 3. The molecule has 0 unspecified atom stereocenters. The molecule has 1 aliphatic heterocycles. The zero-order chi connectivity index (χ0) is 14.8. The van der Waals surface area contributed by atoms with Crippen molar-refractivity contribution in [3.8, 4) is 0 Å². The number of hydrogen-bond acceptors (Lipinski definition) is 3. The van der Waals surface area contributed by atoms with Crippen LogP contribution in [-0.2, 0) is 11.3 Å². The van der Waals surface area contributed by atoms with Crippen molar-refractivity contribution in [2.75, 3.05) is 0 Å². The lowest BCUT2D eigenvalue weighted by Crippen LogP contribution is -2.28. The summed E-state index contributed by atoms with van der Waals surface area (Å²) >= 11 is 0. The maximum atomic E-state index is 13.1. The first-order valence-electron chi connectivity index (χ1n) is 6.54. The maximum absolute atomic E-state index is 13.1.